The van der Waals surface area contributed by atoms with Crippen molar-refractivity contribution in [1.82, 2.24) is 9.97 Å². The van der Waals surface area contributed by atoms with Crippen molar-refractivity contribution in [1.29, 1.82) is 0 Å². The number of thiophene rings is 1. The van der Waals surface area contributed by atoms with Crippen molar-refractivity contribution in [3.05, 3.63) is 39.3 Å². The summed E-state index contributed by atoms with van der Waals surface area (Å²) in [5, 5.41) is 0.876. The first-order chi connectivity index (χ1) is 11.8. The molecule has 2 aromatic heterocycles. The number of aryl methyl sites for hydroxylation is 3. The van der Waals surface area contributed by atoms with Crippen LogP contribution in [-0.4, -0.2) is 9.97 Å². The molecule has 0 aliphatic heterocycles. The molecule has 4 heteroatoms. The van der Waals surface area contributed by atoms with Crippen LogP contribution >= 0.6 is 11.3 Å². The Morgan fingerprint density at radius 3 is 2.67 bits per heavy atom. The van der Waals surface area contributed by atoms with Crippen molar-refractivity contribution in [2.24, 2.45) is 0 Å². The molecule has 3 rings (SSSR count). The summed E-state index contributed by atoms with van der Waals surface area (Å²) >= 11 is 1.74. The lowest BCUT2D eigenvalue weighted by atomic mass is 9.97. The Morgan fingerprint density at radius 2 is 1.83 bits per heavy atom. The molecular weight excluding hydrogens is 316 g/mol. The highest BCUT2D eigenvalue weighted by molar-refractivity contribution is 7.18. The van der Waals surface area contributed by atoms with E-state index in [9.17, 15) is 4.79 Å². The summed E-state index contributed by atoms with van der Waals surface area (Å²) in [5.41, 5.74) is 1.36. The summed E-state index contributed by atoms with van der Waals surface area (Å²) < 4.78 is 0. The smallest absolute Gasteiger partial charge is 0.259 e. The first-order valence-corrected chi connectivity index (χ1v) is 10.3. The number of H-pyrrole nitrogens is 1. The van der Waals surface area contributed by atoms with Crippen LogP contribution < -0.4 is 5.56 Å². The maximum atomic E-state index is 12.5. The average molecular weight is 345 g/mol. The Balaban J connectivity index is 1.54. The Bertz CT molecular complexity index is 744. The van der Waals surface area contributed by atoms with Gasteiger partial charge in [0.2, 0.25) is 0 Å². The summed E-state index contributed by atoms with van der Waals surface area (Å²) in [6.07, 6.45) is 16.1. The fourth-order valence-electron chi connectivity index (χ4n) is 3.62. The zero-order valence-corrected chi connectivity index (χ0v) is 15.3. The average Bonchev–Trinajstić information content (AvgIpc) is 2.96. The van der Waals surface area contributed by atoms with Crippen molar-refractivity contribution >= 4 is 21.6 Å². The van der Waals surface area contributed by atoms with Gasteiger partial charge in [-0.3, -0.25) is 4.79 Å². The standard InChI is InChI=1S/C20H28N2OS/c1-2-3-4-5-6-7-8-9-14-17-21-19(23)18-15-12-10-11-13-16(15)24-20(18)22-17/h2H,1,3-14H2,(H,21,22,23). The second-order valence-corrected chi connectivity index (χ2v) is 7.94. The molecule has 0 saturated heterocycles. The predicted octanol–water partition coefficient (Wildman–Crippen LogP) is 5.32. The molecule has 1 N–H and O–H groups in total. The van der Waals surface area contributed by atoms with E-state index in [0.717, 1.165) is 48.1 Å². The number of nitrogens with one attached hydrogen (secondary N) is 1. The Labute approximate surface area is 148 Å². The summed E-state index contributed by atoms with van der Waals surface area (Å²) in [7, 11) is 0. The minimum Gasteiger partial charge on any atom is -0.310 e. The molecule has 0 amide bonds. The molecule has 2 aromatic rings. The number of aromatic nitrogens is 2. The summed E-state index contributed by atoms with van der Waals surface area (Å²) in [6.45, 7) is 3.76. The molecule has 1 aliphatic rings. The molecule has 1 aliphatic carbocycles. The number of aromatic amines is 1. The molecule has 0 bridgehead atoms. The number of hydrogen-bond donors (Lipinski definition) is 1. The van der Waals surface area contributed by atoms with Gasteiger partial charge in [0.1, 0.15) is 10.7 Å². The second-order valence-electron chi connectivity index (χ2n) is 6.85. The molecule has 0 saturated carbocycles. The van der Waals surface area contributed by atoms with Crippen LogP contribution in [0.4, 0.5) is 0 Å². The molecule has 3 nitrogen and oxygen atoms in total. The topological polar surface area (TPSA) is 45.8 Å². The zero-order chi connectivity index (χ0) is 16.8. The molecule has 2 heterocycles. The highest BCUT2D eigenvalue weighted by atomic mass is 32.1. The number of fused-ring (bicyclic) bond motifs is 3. The summed E-state index contributed by atoms with van der Waals surface area (Å²) in [4.78, 5) is 22.6. The molecule has 24 heavy (non-hydrogen) atoms. The van der Waals surface area contributed by atoms with Crippen LogP contribution in [0.3, 0.4) is 0 Å². The number of allylic oxidation sites excluding steroid dienone is 1. The number of nitrogens with zero attached hydrogens (tertiary/aromatic N) is 1. The Morgan fingerprint density at radius 1 is 1.08 bits per heavy atom. The zero-order valence-electron chi connectivity index (χ0n) is 14.5. The van der Waals surface area contributed by atoms with Gasteiger partial charge >= 0.3 is 0 Å². The lowest BCUT2D eigenvalue weighted by Crippen LogP contribution is -2.13. The monoisotopic (exact) mass is 344 g/mol. The van der Waals surface area contributed by atoms with E-state index in [1.807, 2.05) is 6.08 Å². The SMILES string of the molecule is C=CCCCCCCCCc1nc2sc3c(c2c(=O)[nH]1)CCCC3. The van der Waals surface area contributed by atoms with Crippen LogP contribution in [0.25, 0.3) is 10.2 Å². The minimum absolute atomic E-state index is 0.0822. The van der Waals surface area contributed by atoms with Gasteiger partial charge in [0.15, 0.2) is 0 Å². The summed E-state index contributed by atoms with van der Waals surface area (Å²) in [6, 6.07) is 0. The van der Waals surface area contributed by atoms with Gasteiger partial charge in [-0.2, -0.15) is 0 Å². The minimum atomic E-state index is 0.0822. The molecular formula is C20H28N2OS. The molecule has 0 atom stereocenters. The third-order valence-corrected chi connectivity index (χ3v) is 6.13. The van der Waals surface area contributed by atoms with Gasteiger partial charge in [-0.1, -0.05) is 31.8 Å². The van der Waals surface area contributed by atoms with Gasteiger partial charge in [-0.05, 0) is 50.5 Å². The van der Waals surface area contributed by atoms with Gasteiger partial charge in [-0.25, -0.2) is 4.98 Å². The highest BCUT2D eigenvalue weighted by Gasteiger charge is 2.19. The predicted molar refractivity (Wildman–Crippen MR) is 103 cm³/mol. The number of rotatable bonds is 9. The van der Waals surface area contributed by atoms with Crippen molar-refractivity contribution in [2.45, 2.75) is 77.0 Å². The third-order valence-electron chi connectivity index (χ3n) is 4.95. The number of unbranched alkanes of at least 4 members (excludes halogenated alkanes) is 6. The maximum absolute atomic E-state index is 12.5. The normalized spacial score (nSPS) is 14.0. The molecule has 0 fully saturated rings. The first kappa shape index (κ1) is 17.4. The van der Waals surface area contributed by atoms with Gasteiger partial charge in [0, 0.05) is 11.3 Å². The van der Waals surface area contributed by atoms with E-state index in [4.69, 9.17) is 4.98 Å². The van der Waals surface area contributed by atoms with E-state index in [1.165, 1.54) is 55.4 Å². The van der Waals surface area contributed by atoms with Crippen LogP contribution in [0.5, 0.6) is 0 Å². The van der Waals surface area contributed by atoms with Crippen molar-refractivity contribution < 1.29 is 0 Å². The Kier molecular flexibility index (Phi) is 6.24. The van der Waals surface area contributed by atoms with E-state index < -0.39 is 0 Å². The molecule has 0 unspecified atom stereocenters. The molecule has 130 valence electrons. The fraction of sp³-hybridized carbons (Fsp3) is 0.600. The van der Waals surface area contributed by atoms with Crippen LogP contribution in [0.2, 0.25) is 0 Å². The molecule has 0 spiro atoms. The second kappa shape index (κ2) is 8.61. The van der Waals surface area contributed by atoms with E-state index in [1.54, 1.807) is 11.3 Å². The van der Waals surface area contributed by atoms with Crippen LogP contribution in [0, 0.1) is 0 Å². The first-order valence-electron chi connectivity index (χ1n) is 9.44. The quantitative estimate of drug-likeness (QED) is 0.494. The summed E-state index contributed by atoms with van der Waals surface area (Å²) in [5.74, 6) is 0.873. The molecule has 0 aromatic carbocycles. The van der Waals surface area contributed by atoms with Crippen LogP contribution in [0.1, 0.15) is 74.1 Å². The van der Waals surface area contributed by atoms with Crippen LogP contribution in [-0.2, 0) is 19.3 Å². The van der Waals surface area contributed by atoms with E-state index in [-0.39, 0.29) is 5.56 Å². The fourth-order valence-corrected chi connectivity index (χ4v) is 4.90. The highest BCUT2D eigenvalue weighted by Crippen LogP contribution is 2.33. The van der Waals surface area contributed by atoms with E-state index in [2.05, 4.69) is 11.6 Å². The van der Waals surface area contributed by atoms with E-state index in [0.29, 0.717) is 0 Å². The van der Waals surface area contributed by atoms with Gasteiger partial charge in [-0.15, -0.1) is 17.9 Å². The largest absolute Gasteiger partial charge is 0.310 e. The van der Waals surface area contributed by atoms with Crippen LogP contribution in [0.15, 0.2) is 17.4 Å². The lowest BCUT2D eigenvalue weighted by molar-refractivity contribution is 0.591. The Hall–Kier alpha value is -1.42. The third kappa shape index (κ3) is 4.15. The van der Waals surface area contributed by atoms with Gasteiger partial charge < -0.3 is 4.98 Å². The van der Waals surface area contributed by atoms with Crippen molar-refractivity contribution in [3.63, 3.8) is 0 Å². The molecule has 0 radical (unpaired) electrons. The van der Waals surface area contributed by atoms with E-state index >= 15 is 0 Å². The van der Waals surface area contributed by atoms with Crippen molar-refractivity contribution in [3.8, 4) is 0 Å². The number of hydrogen-bond acceptors (Lipinski definition) is 3. The lowest BCUT2D eigenvalue weighted by Gasteiger charge is -2.09. The maximum Gasteiger partial charge on any atom is 0.259 e. The van der Waals surface area contributed by atoms with Gasteiger partial charge in [0.25, 0.3) is 5.56 Å². The van der Waals surface area contributed by atoms with Gasteiger partial charge in [0.05, 0.1) is 5.39 Å². The van der Waals surface area contributed by atoms with Crippen molar-refractivity contribution in [2.75, 3.05) is 0 Å².